The first-order valence-corrected chi connectivity index (χ1v) is 38.1. The van der Waals surface area contributed by atoms with Crippen LogP contribution < -0.4 is 50.4 Å². The van der Waals surface area contributed by atoms with E-state index < -0.39 is 174 Å². The number of rotatable bonds is 31. The fourth-order valence-electron chi connectivity index (χ4n) is 17.2. The fourth-order valence-corrected chi connectivity index (χ4v) is 18.3. The SMILES string of the molecule is CC1=C2N/C(=C\C3=NC(=C(/C)C4=N[C@H]([C@H](CC(N)=O)[C@@]4(C)CCC(=O)NCC(C)OP(=O)(O)O[C@H]4[C@@H](O)[C@@H](n5cnc6cc(C)c(C)cc65)O[C@@H]4COC(=O)[C@H](Cc4ccccc4)NC(=O)OC(C)(C)C)[C@]4(C)N=C1[C@@H](CCC(N)=O)[C@]4(C)CC(N)=O)/[C@@H](CCC(N)=O)C3(C)C)[C@@H](CCC(N)=O)[C@]2(C)CC(N)=O. The molecule has 6 aliphatic rings. The predicted octanol–water partition coefficient (Wildman–Crippen LogP) is 5.85. The summed E-state index contributed by atoms with van der Waals surface area (Å²) in [5.74, 6) is -8.42. The van der Waals surface area contributed by atoms with Crippen LogP contribution in [-0.4, -0.2) is 151 Å². The summed E-state index contributed by atoms with van der Waals surface area (Å²) in [4.78, 5) is 155. The molecule has 32 heteroatoms. The van der Waals surface area contributed by atoms with Crippen molar-refractivity contribution < 1.29 is 81.0 Å². The predicted molar refractivity (Wildman–Crippen MR) is 401 cm³/mol. The minimum Gasteiger partial charge on any atom is -0.461 e. The van der Waals surface area contributed by atoms with Crippen LogP contribution in [0.2, 0.25) is 0 Å². The Morgan fingerprint density at radius 2 is 1.39 bits per heavy atom. The summed E-state index contributed by atoms with van der Waals surface area (Å²) in [5.41, 5.74) is 36.7. The number of ether oxygens (including phenoxy) is 3. The zero-order chi connectivity index (χ0) is 79.9. The molecule has 1 aromatic heterocycles. The molecule has 2 fully saturated rings. The number of primary amides is 6. The number of fused-ring (bicyclic) bond motifs is 7. The highest BCUT2D eigenvalue weighted by atomic mass is 31.2. The van der Waals surface area contributed by atoms with Gasteiger partial charge in [0.2, 0.25) is 41.4 Å². The summed E-state index contributed by atoms with van der Waals surface area (Å²) >= 11 is 0. The summed E-state index contributed by atoms with van der Waals surface area (Å²) in [7, 11) is -5.31. The normalized spacial score (nSPS) is 30.1. The average Bonchev–Trinajstić information content (AvgIpc) is 1.53. The van der Waals surface area contributed by atoms with Gasteiger partial charge in [-0.2, -0.15) is 0 Å². The number of nitrogens with two attached hydrogens (primary N) is 6. The second-order valence-corrected chi connectivity index (χ2v) is 33.8. The number of hydrogen-bond acceptors (Lipinski definition) is 21. The summed E-state index contributed by atoms with van der Waals surface area (Å²) in [6.45, 7) is 24.0. The van der Waals surface area contributed by atoms with Crippen molar-refractivity contribution in [3.05, 3.63) is 99.8 Å². The molecule has 0 radical (unpaired) electrons. The van der Waals surface area contributed by atoms with Crippen LogP contribution in [0.1, 0.15) is 177 Å². The van der Waals surface area contributed by atoms with Crippen LogP contribution in [0.15, 0.2) is 98.1 Å². The number of nitrogens with zero attached hydrogens (tertiary/aromatic N) is 5. The van der Waals surface area contributed by atoms with E-state index in [0.29, 0.717) is 62.0 Å². The number of aryl methyl sites for hydroxylation is 2. The minimum atomic E-state index is -5.31. The number of phosphoric acid groups is 1. The van der Waals surface area contributed by atoms with Crippen LogP contribution in [0.5, 0.6) is 0 Å². The number of aliphatic hydroxyl groups is 1. The molecule has 588 valence electrons. The highest BCUT2D eigenvalue weighted by Crippen LogP contribution is 2.63. The lowest BCUT2D eigenvalue weighted by atomic mass is 9.55. The van der Waals surface area contributed by atoms with E-state index in [0.717, 1.165) is 11.1 Å². The van der Waals surface area contributed by atoms with Crippen molar-refractivity contribution in [2.45, 2.75) is 228 Å². The number of aliphatic imine (C=N–C) groups is 3. The molecule has 8 bridgehead atoms. The molecular weight excluding hydrogens is 1410 g/mol. The highest BCUT2D eigenvalue weighted by Gasteiger charge is 2.66. The summed E-state index contributed by atoms with van der Waals surface area (Å²) in [6.07, 6.45) is -6.42. The average molecular weight is 1520 g/mol. The van der Waals surface area contributed by atoms with E-state index in [-0.39, 0.29) is 77.0 Å². The number of alkyl carbamates (subject to hydrolysis) is 1. The van der Waals surface area contributed by atoms with Crippen LogP contribution in [0.3, 0.4) is 0 Å². The third-order valence-electron chi connectivity index (χ3n) is 23.1. The number of carbonyl (C=O) groups excluding carboxylic acids is 9. The van der Waals surface area contributed by atoms with Gasteiger partial charge in [-0.25, -0.2) is 19.1 Å². The third-order valence-corrected chi connectivity index (χ3v) is 24.2. The Bertz CT molecular complexity index is 4330. The Balaban J connectivity index is 1.05. The van der Waals surface area contributed by atoms with Gasteiger partial charge >= 0.3 is 19.9 Å². The van der Waals surface area contributed by atoms with Crippen LogP contribution in [-0.2, 0) is 72.6 Å². The molecule has 108 heavy (non-hydrogen) atoms. The molecule has 8 amide bonds. The molecule has 9 rings (SSSR count). The van der Waals surface area contributed by atoms with Gasteiger partial charge in [0.15, 0.2) is 6.23 Å². The van der Waals surface area contributed by atoms with Gasteiger partial charge in [0.25, 0.3) is 0 Å². The van der Waals surface area contributed by atoms with Gasteiger partial charge in [-0.05, 0) is 134 Å². The maximum Gasteiger partial charge on any atom is 0.472 e. The largest absolute Gasteiger partial charge is 0.472 e. The first kappa shape index (κ1) is 83.0. The van der Waals surface area contributed by atoms with Crippen LogP contribution in [0, 0.1) is 59.2 Å². The quantitative estimate of drug-likeness (QED) is 0.0266. The lowest BCUT2D eigenvalue weighted by Gasteiger charge is -2.48. The number of amides is 8. The van der Waals surface area contributed by atoms with Gasteiger partial charge in [0.05, 0.1) is 35.0 Å². The number of aliphatic hydroxyl groups excluding tert-OH is 1. The Hall–Kier alpha value is -9.00. The van der Waals surface area contributed by atoms with Gasteiger partial charge in [-0.3, -0.25) is 57.6 Å². The van der Waals surface area contributed by atoms with E-state index in [4.69, 9.17) is 72.6 Å². The summed E-state index contributed by atoms with van der Waals surface area (Å²) in [6, 6.07) is 10.1. The first-order valence-electron chi connectivity index (χ1n) is 36.6. The molecule has 17 N–H and O–H groups in total. The Labute approximate surface area is 628 Å². The van der Waals surface area contributed by atoms with E-state index >= 15 is 0 Å². The van der Waals surface area contributed by atoms with E-state index in [1.807, 2.05) is 80.5 Å². The number of allylic oxidation sites excluding steroid dienone is 6. The smallest absolute Gasteiger partial charge is 0.461 e. The summed E-state index contributed by atoms with van der Waals surface area (Å²) < 4.78 is 45.1. The van der Waals surface area contributed by atoms with Crippen LogP contribution in [0.25, 0.3) is 11.0 Å². The van der Waals surface area contributed by atoms with Crippen molar-refractivity contribution in [2.75, 3.05) is 13.2 Å². The molecule has 3 aromatic rings. The molecule has 2 aromatic carbocycles. The maximum atomic E-state index is 14.7. The number of benzene rings is 2. The topological polar surface area (TPSA) is 504 Å². The fraction of sp³-hybridized carbons (Fsp3) is 0.592. The van der Waals surface area contributed by atoms with E-state index in [1.165, 1.54) is 17.8 Å². The molecule has 0 saturated carbocycles. The number of aromatic nitrogens is 2. The van der Waals surface area contributed by atoms with Crippen LogP contribution >= 0.6 is 7.82 Å². The van der Waals surface area contributed by atoms with Crippen molar-refractivity contribution in [3.8, 4) is 0 Å². The molecule has 31 nitrogen and oxygen atoms in total. The van der Waals surface area contributed by atoms with Gasteiger partial charge in [-0.15, -0.1) is 0 Å². The highest BCUT2D eigenvalue weighted by molar-refractivity contribution is 7.47. The van der Waals surface area contributed by atoms with E-state index in [2.05, 4.69) is 20.9 Å². The lowest BCUT2D eigenvalue weighted by molar-refractivity contribution is -0.152. The number of nitrogens with one attached hydrogen (secondary N) is 3. The molecule has 0 spiro atoms. The number of hydrogen-bond donors (Lipinski definition) is 11. The van der Waals surface area contributed by atoms with E-state index in [1.54, 1.807) is 58.0 Å². The van der Waals surface area contributed by atoms with Crippen molar-refractivity contribution in [3.63, 3.8) is 0 Å². The van der Waals surface area contributed by atoms with Gasteiger partial charge in [0, 0.05) is 137 Å². The lowest BCUT2D eigenvalue weighted by Crippen LogP contribution is -2.56. The zero-order valence-electron chi connectivity index (χ0n) is 64.1. The van der Waals surface area contributed by atoms with Gasteiger partial charge in [-0.1, -0.05) is 65.0 Å². The molecule has 7 heterocycles. The Kier molecular flexibility index (Phi) is 24.5. The van der Waals surface area contributed by atoms with Crippen molar-refractivity contribution in [1.82, 2.24) is 25.5 Å². The van der Waals surface area contributed by atoms with E-state index in [9.17, 15) is 57.7 Å². The Morgan fingerprint density at radius 1 is 0.778 bits per heavy atom. The second-order valence-electron chi connectivity index (χ2n) is 32.4. The van der Waals surface area contributed by atoms with Crippen molar-refractivity contribution in [1.29, 1.82) is 0 Å². The number of imidazole rings is 1. The van der Waals surface area contributed by atoms with Crippen LogP contribution in [0.4, 0.5) is 4.79 Å². The summed E-state index contributed by atoms with van der Waals surface area (Å²) in [5, 5.41) is 21.2. The monoisotopic (exact) mass is 1520 g/mol. The van der Waals surface area contributed by atoms with Gasteiger partial charge < -0.3 is 79.1 Å². The standard InChI is InChI=1S/C76H107N14O17P/c1-38-28-49-51(29-39(38)2)90(37-84-49)68-63(98)64(52(104-68)36-103-69(99)50(30-43-18-16-15-17-19-43)86-70(100)105-71(6,7)8)107-108(101,102)106-40(3)35-83-60(97)26-27-73(11)47(31-57(80)94)67-76(14)75(13,34-59(82)96)46(22-25-56(79)93)62(89-76)42(5)66-74(12,33-58(81)95)44(20-23-54(77)91)48(85-66)32-53-72(9,10)45(21-24-55(78)92)61(87-53)41(4)65(73)88-67/h15-19,28-29,32,37,40,44-47,50,52,63-64,67-68,85,98H,20-27,30-31,33-36H2,1-14H3,(H2,77,91)(H2,78,92)(H2,79,93)(H2,80,94)(H2,81,95)(H2,82,96)(H,83,97)(H,86,100)(H,101,102)/b48-32-,61-41-,66-42?/t40?,44-,45-,46-,47+,50+,52-,63-,64-,67-,68+,73-,74+,75+,76+/m1/s1. The molecule has 0 aliphatic carbocycles. The molecule has 16 atom stereocenters. The van der Waals surface area contributed by atoms with Crippen molar-refractivity contribution >= 4 is 89.4 Å². The molecule has 2 unspecified atom stereocenters. The molecular formula is C76H107N14O17P. The van der Waals surface area contributed by atoms with Crippen molar-refractivity contribution in [2.24, 2.45) is 94.7 Å². The zero-order valence-corrected chi connectivity index (χ0v) is 65.0. The Morgan fingerprint density at radius 3 is 1.99 bits per heavy atom. The molecule has 6 aliphatic heterocycles. The third kappa shape index (κ3) is 17.5. The van der Waals surface area contributed by atoms with Gasteiger partial charge in [0.1, 0.15) is 36.6 Å². The second kappa shape index (κ2) is 31.9. The molecule has 2 saturated heterocycles. The maximum absolute atomic E-state index is 14.7. The first-order chi connectivity index (χ1) is 50.2. The minimum absolute atomic E-state index is 0.0252. The number of carbonyl (C=O) groups is 9. The number of phosphoric ester groups is 1. The number of esters is 1.